The summed E-state index contributed by atoms with van der Waals surface area (Å²) in [5.41, 5.74) is -2.61. The molecular weight excluding hydrogens is 608 g/mol. The van der Waals surface area contributed by atoms with Crippen molar-refractivity contribution in [3.05, 3.63) is 51.6 Å². The molecule has 47 heavy (non-hydrogen) atoms. The highest BCUT2D eigenvalue weighted by Crippen LogP contribution is 2.53. The van der Waals surface area contributed by atoms with Gasteiger partial charge < -0.3 is 39.6 Å². The van der Waals surface area contributed by atoms with Crippen molar-refractivity contribution in [2.75, 3.05) is 27.3 Å². The Morgan fingerprint density at radius 3 is 2.60 bits per heavy atom. The number of hydrogen-bond acceptors (Lipinski definition) is 11. The van der Waals surface area contributed by atoms with E-state index >= 15 is 0 Å². The van der Waals surface area contributed by atoms with Crippen LogP contribution in [-0.2, 0) is 25.4 Å². The molecule has 252 valence electrons. The molecule has 0 spiro atoms. The number of rotatable bonds is 6. The summed E-state index contributed by atoms with van der Waals surface area (Å²) in [7, 11) is 3.09. The predicted octanol–water partition coefficient (Wildman–Crippen LogP) is 2.76. The van der Waals surface area contributed by atoms with E-state index in [2.05, 4.69) is 17.1 Å². The average Bonchev–Trinajstić information content (AvgIpc) is 3.44. The van der Waals surface area contributed by atoms with Crippen LogP contribution in [0.3, 0.4) is 0 Å². The number of aliphatic hydroxyl groups is 1. The maximum atomic E-state index is 14.0. The fourth-order valence-electron chi connectivity index (χ4n) is 8.73. The zero-order valence-electron chi connectivity index (χ0n) is 27.1. The number of likely N-dealkylation sites (N-methyl/N-ethyl adjacent to an activating group) is 1. The number of ketones is 2. The van der Waals surface area contributed by atoms with Crippen molar-refractivity contribution in [3.8, 4) is 17.2 Å². The Balaban J connectivity index is 1.30. The van der Waals surface area contributed by atoms with Crippen LogP contribution in [0.25, 0.3) is 0 Å². The van der Waals surface area contributed by atoms with Gasteiger partial charge in [0.05, 0.1) is 48.2 Å². The van der Waals surface area contributed by atoms with Crippen molar-refractivity contribution >= 4 is 17.5 Å². The van der Waals surface area contributed by atoms with Crippen molar-refractivity contribution in [3.63, 3.8) is 0 Å². The van der Waals surface area contributed by atoms with Gasteiger partial charge in [-0.05, 0) is 44.6 Å². The molecule has 5 aliphatic rings. The first-order chi connectivity index (χ1) is 22.5. The summed E-state index contributed by atoms with van der Waals surface area (Å²) in [5, 5.41) is 38.1. The molecule has 2 aromatic rings. The van der Waals surface area contributed by atoms with Gasteiger partial charge in [0, 0.05) is 55.8 Å². The van der Waals surface area contributed by atoms with E-state index in [1.165, 1.54) is 13.2 Å². The normalized spacial score (nSPS) is 32.9. The van der Waals surface area contributed by atoms with Crippen LogP contribution in [0.1, 0.15) is 95.0 Å². The molecule has 3 aliphatic carbocycles. The number of carbonyl (C=O) groups is 3. The van der Waals surface area contributed by atoms with Gasteiger partial charge in [-0.15, -0.1) is 0 Å². The number of nitrogens with zero attached hydrogens (tertiary/aromatic N) is 1. The second-order valence-electron chi connectivity index (χ2n) is 13.6. The number of carbonyl (C=O) groups excluding carboxylic acids is 3. The minimum atomic E-state index is -2.02. The first-order valence-corrected chi connectivity index (χ1v) is 16.5. The summed E-state index contributed by atoms with van der Waals surface area (Å²) in [6.45, 7) is 4.97. The van der Waals surface area contributed by atoms with Gasteiger partial charge in [-0.1, -0.05) is 19.1 Å². The summed E-state index contributed by atoms with van der Waals surface area (Å²) in [5.74, 6) is -2.79. The van der Waals surface area contributed by atoms with Crippen molar-refractivity contribution in [1.82, 2.24) is 10.2 Å². The smallest absolute Gasteiger partial charge is 0.252 e. The van der Waals surface area contributed by atoms with Crippen LogP contribution < -0.4 is 10.1 Å². The summed E-state index contributed by atoms with van der Waals surface area (Å²) in [4.78, 5) is 43.4. The van der Waals surface area contributed by atoms with Gasteiger partial charge in [0.1, 0.15) is 29.1 Å². The zero-order chi connectivity index (χ0) is 33.4. The maximum Gasteiger partial charge on any atom is 0.252 e. The lowest BCUT2D eigenvalue weighted by Gasteiger charge is -2.43. The molecule has 12 heteroatoms. The van der Waals surface area contributed by atoms with Crippen LogP contribution in [0.15, 0.2) is 18.2 Å². The van der Waals surface area contributed by atoms with E-state index in [1.54, 1.807) is 26.2 Å². The fraction of sp³-hybridized carbons (Fsp3) is 0.571. The highest BCUT2D eigenvalue weighted by Gasteiger charge is 2.54. The Morgan fingerprint density at radius 2 is 1.87 bits per heavy atom. The number of methoxy groups -OCH3 is 2. The molecule has 1 unspecified atom stereocenters. The summed E-state index contributed by atoms with van der Waals surface area (Å²) < 4.78 is 24.4. The second kappa shape index (κ2) is 11.9. The Morgan fingerprint density at radius 1 is 1.11 bits per heavy atom. The quantitative estimate of drug-likeness (QED) is 0.290. The van der Waals surface area contributed by atoms with E-state index in [1.807, 2.05) is 0 Å². The lowest BCUT2D eigenvalue weighted by Crippen LogP contribution is -2.53. The van der Waals surface area contributed by atoms with E-state index in [-0.39, 0.29) is 95.0 Å². The van der Waals surface area contributed by atoms with Gasteiger partial charge in [-0.3, -0.25) is 19.3 Å². The molecule has 1 amide bonds. The molecule has 2 aliphatic heterocycles. The van der Waals surface area contributed by atoms with Crippen LogP contribution in [-0.4, -0.2) is 101 Å². The maximum absolute atomic E-state index is 14.0. The third-order valence-electron chi connectivity index (χ3n) is 10.8. The van der Waals surface area contributed by atoms with Gasteiger partial charge in [0.2, 0.25) is 5.78 Å². The number of nitrogens with one attached hydrogen (secondary N) is 1. The molecule has 8 atom stereocenters. The molecule has 3 fully saturated rings. The van der Waals surface area contributed by atoms with Gasteiger partial charge in [-0.2, -0.15) is 0 Å². The fourth-order valence-corrected chi connectivity index (χ4v) is 8.73. The minimum absolute atomic E-state index is 0.00344. The summed E-state index contributed by atoms with van der Waals surface area (Å²) in [6, 6.07) is 4.63. The van der Waals surface area contributed by atoms with Crippen LogP contribution in [0, 0.1) is 5.92 Å². The van der Waals surface area contributed by atoms with Crippen LogP contribution in [0.4, 0.5) is 0 Å². The van der Waals surface area contributed by atoms with E-state index in [0.717, 1.165) is 19.4 Å². The monoisotopic (exact) mass is 650 g/mol. The molecule has 2 heterocycles. The second-order valence-corrected chi connectivity index (χ2v) is 13.6. The number of piperidine rings is 1. The summed E-state index contributed by atoms with van der Waals surface area (Å²) in [6.07, 6.45) is 0.901. The number of aromatic hydroxyl groups is 2. The van der Waals surface area contributed by atoms with Gasteiger partial charge >= 0.3 is 0 Å². The highest BCUT2D eigenvalue weighted by atomic mass is 16.6. The van der Waals surface area contributed by atoms with Crippen LogP contribution in [0.2, 0.25) is 0 Å². The SMILES string of the molecule is CCNC(=O)[C@]1(O)Cc2c(O)c3c(c(O)c2[C@@H](OC2C[C@@H](C)[C@H]4O[C@@H]5[C@@H](OC)CCCN5[C@H]4C2)C1)C(=O)c1c(OC)cccc1C3=O. The first kappa shape index (κ1) is 32.0. The van der Waals surface area contributed by atoms with Crippen molar-refractivity contribution < 1.29 is 48.7 Å². The molecule has 0 aromatic heterocycles. The standard InChI is InChI=1S/C35H42N2O10/c1-5-36-34(42)35(43)14-19-25(31(41)27-26(29(19)39)28(38)18-8-6-9-21(44-3)24(18)30(27)40)23(15-35)46-17-12-16(2)32-20(13-17)37-11-7-10-22(45-4)33(37)47-32/h6,8-9,16-17,20,22-23,32-33,39,41,43H,5,7,10-15H2,1-4H3,(H,36,42)/t16-,17?,20+,22+,23+,32-,33-,35+/m1/s1. The number of amides is 1. The molecule has 0 radical (unpaired) electrons. The lowest BCUT2D eigenvalue weighted by atomic mass is 9.72. The van der Waals surface area contributed by atoms with Crippen LogP contribution >= 0.6 is 0 Å². The topological polar surface area (TPSA) is 164 Å². The van der Waals surface area contributed by atoms with Crippen LogP contribution in [0.5, 0.6) is 17.2 Å². The number of phenolic OH excluding ortho intramolecular Hbond substituents is 2. The molecule has 12 nitrogen and oxygen atoms in total. The molecule has 2 saturated heterocycles. The number of hydrogen-bond donors (Lipinski definition) is 4. The predicted molar refractivity (Wildman–Crippen MR) is 167 cm³/mol. The molecule has 1 saturated carbocycles. The Bertz CT molecular complexity index is 1640. The van der Waals surface area contributed by atoms with Gasteiger partial charge in [-0.25, -0.2) is 0 Å². The number of benzene rings is 2. The first-order valence-electron chi connectivity index (χ1n) is 16.5. The van der Waals surface area contributed by atoms with E-state index in [0.29, 0.717) is 12.8 Å². The number of fused-ring (bicyclic) bond motifs is 6. The van der Waals surface area contributed by atoms with E-state index < -0.39 is 40.7 Å². The molecule has 2 aromatic carbocycles. The third-order valence-corrected chi connectivity index (χ3v) is 10.8. The number of ether oxygens (including phenoxy) is 4. The lowest BCUT2D eigenvalue weighted by molar-refractivity contribution is -0.151. The van der Waals surface area contributed by atoms with Crippen molar-refractivity contribution in [2.24, 2.45) is 5.92 Å². The Hall–Kier alpha value is -3.55. The molecule has 7 rings (SSSR count). The molecular formula is C35H42N2O10. The largest absolute Gasteiger partial charge is 0.507 e. The average molecular weight is 651 g/mol. The Kier molecular flexibility index (Phi) is 8.07. The van der Waals surface area contributed by atoms with E-state index in [4.69, 9.17) is 18.9 Å². The minimum Gasteiger partial charge on any atom is -0.507 e. The summed E-state index contributed by atoms with van der Waals surface area (Å²) >= 11 is 0. The van der Waals surface area contributed by atoms with Gasteiger partial charge in [0.15, 0.2) is 5.78 Å². The van der Waals surface area contributed by atoms with E-state index in [9.17, 15) is 29.7 Å². The van der Waals surface area contributed by atoms with Crippen molar-refractivity contribution in [1.29, 1.82) is 0 Å². The third kappa shape index (κ3) is 4.87. The molecule has 0 bridgehead atoms. The molecule has 4 N–H and O–H groups in total. The van der Waals surface area contributed by atoms with Crippen molar-refractivity contribution in [2.45, 2.75) is 94.7 Å². The number of phenols is 2. The highest BCUT2D eigenvalue weighted by molar-refractivity contribution is 6.31. The van der Waals surface area contributed by atoms with Gasteiger partial charge in [0.25, 0.3) is 5.91 Å². The Labute approximate surface area is 272 Å². The zero-order valence-corrected chi connectivity index (χ0v) is 27.1.